The van der Waals surface area contributed by atoms with E-state index in [1.54, 1.807) is 0 Å². The van der Waals surface area contributed by atoms with Crippen molar-refractivity contribution in [2.45, 2.75) is 43.6 Å². The van der Waals surface area contributed by atoms with Gasteiger partial charge in [-0.2, -0.15) is 0 Å². The van der Waals surface area contributed by atoms with Crippen LogP contribution in [0.25, 0.3) is 0 Å². The van der Waals surface area contributed by atoms with Gasteiger partial charge in [-0.15, -0.1) is 0 Å². The minimum absolute atomic E-state index is 0.0375. The van der Waals surface area contributed by atoms with Crippen LogP contribution in [0.3, 0.4) is 0 Å². The van der Waals surface area contributed by atoms with E-state index in [4.69, 9.17) is 9.68 Å². The first kappa shape index (κ1) is 15.9. The fourth-order valence-electron chi connectivity index (χ4n) is 4.65. The Morgan fingerprint density at radius 2 is 1.50 bits per heavy atom. The van der Waals surface area contributed by atoms with Crippen LogP contribution in [-0.4, -0.2) is 30.6 Å². The number of rotatable bonds is 3. The molecule has 5 rings (SSSR count). The van der Waals surface area contributed by atoms with Gasteiger partial charge in [0.05, 0.1) is 29.6 Å². The second-order valence-electron chi connectivity index (χ2n) is 7.28. The zero-order chi connectivity index (χ0) is 17.5. The highest BCUT2D eigenvalue weighted by Crippen LogP contribution is 2.45. The molecule has 3 aliphatic rings. The Morgan fingerprint density at radius 1 is 0.846 bits per heavy atom. The lowest BCUT2D eigenvalue weighted by Gasteiger charge is -2.33. The lowest BCUT2D eigenvalue weighted by molar-refractivity contribution is -0.110. The quantitative estimate of drug-likeness (QED) is 0.794. The van der Waals surface area contributed by atoms with E-state index >= 15 is 0 Å². The first-order chi connectivity index (χ1) is 12.8. The van der Waals surface area contributed by atoms with Gasteiger partial charge in [0, 0.05) is 5.92 Å². The molecule has 0 spiro atoms. The summed E-state index contributed by atoms with van der Waals surface area (Å²) >= 11 is 0. The molecule has 0 N–H and O–H groups in total. The number of benzene rings is 2. The Hall–Kier alpha value is -2.37. The Bertz CT molecular complexity index is 769. The van der Waals surface area contributed by atoms with Crippen molar-refractivity contribution in [2.75, 3.05) is 10.1 Å². The molecule has 134 valence electrons. The third-order valence-electron chi connectivity index (χ3n) is 5.79. The van der Waals surface area contributed by atoms with Crippen molar-refractivity contribution < 1.29 is 14.5 Å². The molecule has 0 radical (unpaired) electrons. The maximum absolute atomic E-state index is 12.1. The number of fused-ring (bicyclic) bond motifs is 4. The molecule has 2 bridgehead atoms. The minimum Gasteiger partial charge on any atom is -0.301 e. The zero-order valence-electron chi connectivity index (χ0n) is 14.5. The van der Waals surface area contributed by atoms with Crippen molar-refractivity contribution in [1.29, 1.82) is 0 Å². The molecule has 0 amide bonds. The highest BCUT2D eigenvalue weighted by molar-refractivity contribution is 5.67. The van der Waals surface area contributed by atoms with E-state index in [0.29, 0.717) is 0 Å². The highest BCUT2D eigenvalue weighted by atomic mass is 16.7. The molecular weight excluding hydrogens is 328 g/mol. The summed E-state index contributed by atoms with van der Waals surface area (Å²) < 4.78 is 0. The van der Waals surface area contributed by atoms with E-state index in [1.165, 1.54) is 0 Å². The highest BCUT2D eigenvalue weighted by Gasteiger charge is 2.54. The van der Waals surface area contributed by atoms with Crippen molar-refractivity contribution in [2.24, 2.45) is 5.92 Å². The summed E-state index contributed by atoms with van der Waals surface area (Å²) in [7, 11) is 0. The standard InChI is InChI=1S/C21H22N2O3/c24-14-19-21-18-13-17(25-22(18)15-7-3-1-4-8-15)11-12-20(21)26-23(19)16-9-5-2-6-10-16/h1-10,14,17-21H,11-13H2/t17-,18-,19+,20-,21+/m1/s1. The zero-order valence-corrected chi connectivity index (χ0v) is 14.5. The van der Waals surface area contributed by atoms with Crippen LogP contribution in [-0.2, 0) is 14.5 Å². The first-order valence-corrected chi connectivity index (χ1v) is 9.32. The summed E-state index contributed by atoms with van der Waals surface area (Å²) in [4.78, 5) is 24.6. The van der Waals surface area contributed by atoms with E-state index in [9.17, 15) is 4.79 Å². The smallest absolute Gasteiger partial charge is 0.145 e. The molecule has 1 saturated carbocycles. The van der Waals surface area contributed by atoms with Gasteiger partial charge in [0.1, 0.15) is 12.3 Å². The molecule has 5 heteroatoms. The molecule has 5 atom stereocenters. The topological polar surface area (TPSA) is 42.0 Å². The van der Waals surface area contributed by atoms with Crippen LogP contribution in [0.1, 0.15) is 19.3 Å². The van der Waals surface area contributed by atoms with Gasteiger partial charge in [-0.25, -0.2) is 5.06 Å². The fourth-order valence-corrected chi connectivity index (χ4v) is 4.65. The molecular formula is C21H22N2O3. The Labute approximate surface area is 153 Å². The number of hydroxylamine groups is 2. The second kappa shape index (κ2) is 6.41. The van der Waals surface area contributed by atoms with E-state index in [2.05, 4.69) is 12.1 Å². The van der Waals surface area contributed by atoms with Gasteiger partial charge >= 0.3 is 0 Å². The summed E-state index contributed by atoms with van der Waals surface area (Å²) in [6, 6.07) is 19.9. The fraction of sp³-hybridized carbons (Fsp3) is 0.381. The largest absolute Gasteiger partial charge is 0.301 e. The van der Waals surface area contributed by atoms with Gasteiger partial charge in [-0.3, -0.25) is 14.7 Å². The van der Waals surface area contributed by atoms with Gasteiger partial charge in [-0.05, 0) is 43.5 Å². The van der Waals surface area contributed by atoms with E-state index in [-0.39, 0.29) is 30.2 Å². The Kier molecular flexibility index (Phi) is 3.91. The third kappa shape index (κ3) is 2.50. The van der Waals surface area contributed by atoms with Crippen LogP contribution in [0, 0.1) is 5.92 Å². The molecule has 26 heavy (non-hydrogen) atoms. The summed E-state index contributed by atoms with van der Waals surface area (Å²) in [5.74, 6) is 0.0837. The number of nitrogens with zero attached hydrogens (tertiary/aromatic N) is 2. The number of hydrogen-bond donors (Lipinski definition) is 0. The number of carbonyl (C=O) groups excluding carboxylic acids is 1. The summed E-state index contributed by atoms with van der Waals surface area (Å²) in [6.07, 6.45) is 4.09. The van der Waals surface area contributed by atoms with E-state index in [1.807, 2.05) is 58.7 Å². The molecule has 0 aromatic heterocycles. The van der Waals surface area contributed by atoms with Crippen LogP contribution in [0.4, 0.5) is 11.4 Å². The molecule has 0 unspecified atom stereocenters. The van der Waals surface area contributed by atoms with Crippen molar-refractivity contribution in [3.05, 3.63) is 60.7 Å². The average molecular weight is 350 g/mol. The van der Waals surface area contributed by atoms with E-state index in [0.717, 1.165) is 36.9 Å². The van der Waals surface area contributed by atoms with Crippen LogP contribution >= 0.6 is 0 Å². The number of para-hydroxylation sites is 2. The maximum atomic E-state index is 12.1. The van der Waals surface area contributed by atoms with Crippen molar-refractivity contribution in [3.8, 4) is 0 Å². The van der Waals surface area contributed by atoms with E-state index < -0.39 is 0 Å². The Balaban J connectivity index is 1.50. The molecule has 2 saturated heterocycles. The molecule has 2 aromatic rings. The SMILES string of the molecule is O=C[C@H]1[C@@H]2[C@H]3C[C@@H](CC[C@H]2ON1c1ccccc1)ON3c1ccccc1. The maximum Gasteiger partial charge on any atom is 0.145 e. The number of hydrogen-bond acceptors (Lipinski definition) is 5. The summed E-state index contributed by atoms with van der Waals surface area (Å²) in [5, 5.41) is 3.83. The predicted octanol–water partition coefficient (Wildman–Crippen LogP) is 3.36. The monoisotopic (exact) mass is 350 g/mol. The van der Waals surface area contributed by atoms with Crippen LogP contribution in [0.15, 0.2) is 60.7 Å². The van der Waals surface area contributed by atoms with Crippen molar-refractivity contribution in [1.82, 2.24) is 0 Å². The van der Waals surface area contributed by atoms with Crippen molar-refractivity contribution in [3.63, 3.8) is 0 Å². The molecule has 2 aliphatic heterocycles. The number of aldehydes is 1. The van der Waals surface area contributed by atoms with Gasteiger partial charge in [0.25, 0.3) is 0 Å². The molecule has 1 aliphatic carbocycles. The van der Waals surface area contributed by atoms with Gasteiger partial charge in [-0.1, -0.05) is 36.4 Å². The van der Waals surface area contributed by atoms with Crippen LogP contribution in [0.2, 0.25) is 0 Å². The summed E-state index contributed by atoms with van der Waals surface area (Å²) in [6.45, 7) is 0. The van der Waals surface area contributed by atoms with Gasteiger partial charge < -0.3 is 4.79 Å². The van der Waals surface area contributed by atoms with Crippen LogP contribution < -0.4 is 10.1 Å². The van der Waals surface area contributed by atoms with Crippen LogP contribution in [0.5, 0.6) is 0 Å². The molecule has 2 heterocycles. The molecule has 3 fully saturated rings. The summed E-state index contributed by atoms with van der Waals surface area (Å²) in [5.41, 5.74) is 1.97. The first-order valence-electron chi connectivity index (χ1n) is 9.32. The molecule has 2 aromatic carbocycles. The number of anilines is 2. The Morgan fingerprint density at radius 3 is 2.15 bits per heavy atom. The lowest BCUT2D eigenvalue weighted by atomic mass is 9.86. The van der Waals surface area contributed by atoms with Gasteiger partial charge in [0.2, 0.25) is 0 Å². The van der Waals surface area contributed by atoms with Gasteiger partial charge in [0.15, 0.2) is 0 Å². The second-order valence-corrected chi connectivity index (χ2v) is 7.28. The molecule has 5 nitrogen and oxygen atoms in total. The average Bonchev–Trinajstić information content (AvgIpc) is 3.22. The lowest BCUT2D eigenvalue weighted by Crippen LogP contribution is -2.45. The normalized spacial score (nSPS) is 33.0. The predicted molar refractivity (Wildman–Crippen MR) is 98.6 cm³/mol. The third-order valence-corrected chi connectivity index (χ3v) is 5.79. The van der Waals surface area contributed by atoms with Crippen molar-refractivity contribution >= 4 is 17.7 Å². The number of carbonyl (C=O) groups is 1. The minimum atomic E-state index is -0.306.